The zero-order chi connectivity index (χ0) is 19.2. The normalized spacial score (nSPS) is 11.0. The van der Waals surface area contributed by atoms with Crippen LogP contribution in [0.25, 0.3) is 0 Å². The third-order valence-electron chi connectivity index (χ3n) is 3.50. The number of rotatable bonds is 8. The van der Waals surface area contributed by atoms with Gasteiger partial charge >= 0.3 is 0 Å². The van der Waals surface area contributed by atoms with E-state index < -0.39 is 10.0 Å². The summed E-state index contributed by atoms with van der Waals surface area (Å²) in [6.45, 7) is 2.46. The molecule has 0 atom stereocenters. The number of carbonyl (C=O) groups is 1. The Labute approximate surface area is 162 Å². The van der Waals surface area contributed by atoms with Gasteiger partial charge in [-0.2, -0.15) is 0 Å². The molecule has 0 unspecified atom stereocenters. The molecule has 0 radical (unpaired) electrons. The lowest BCUT2D eigenvalue weighted by atomic mass is 10.2. The van der Waals surface area contributed by atoms with E-state index in [1.165, 1.54) is 0 Å². The Morgan fingerprint density at radius 3 is 2.50 bits per heavy atom. The van der Waals surface area contributed by atoms with Crippen molar-refractivity contribution < 1.29 is 17.9 Å². The van der Waals surface area contributed by atoms with E-state index in [1.54, 1.807) is 24.3 Å². The van der Waals surface area contributed by atoms with Crippen LogP contribution in [0.2, 0.25) is 0 Å². The van der Waals surface area contributed by atoms with Gasteiger partial charge in [-0.3, -0.25) is 9.10 Å². The fourth-order valence-corrected chi connectivity index (χ4v) is 3.43. The topological polar surface area (TPSA) is 75.7 Å². The molecule has 0 aliphatic carbocycles. The molecule has 6 nitrogen and oxygen atoms in total. The standard InChI is InChI=1S/C18H21BrN2O4S/c1-3-25-17-6-4-5-14(11-17)12-20-18(22)13-21(26(2,23)24)16-9-7-15(19)8-10-16/h4-11H,3,12-13H2,1-2H3,(H,20,22). The number of amides is 1. The lowest BCUT2D eigenvalue weighted by Crippen LogP contribution is -2.40. The number of ether oxygens (including phenoxy) is 1. The van der Waals surface area contributed by atoms with E-state index in [-0.39, 0.29) is 19.0 Å². The van der Waals surface area contributed by atoms with Crippen LogP contribution in [0.3, 0.4) is 0 Å². The second-order valence-corrected chi connectivity index (χ2v) is 8.43. The minimum absolute atomic E-state index is 0.286. The number of nitrogens with zero attached hydrogens (tertiary/aromatic N) is 1. The number of halogens is 1. The van der Waals surface area contributed by atoms with E-state index in [0.29, 0.717) is 12.3 Å². The predicted octanol–water partition coefficient (Wildman–Crippen LogP) is 2.93. The second kappa shape index (κ2) is 9.05. The summed E-state index contributed by atoms with van der Waals surface area (Å²) in [5.74, 6) is 0.340. The number of nitrogens with one attached hydrogen (secondary N) is 1. The lowest BCUT2D eigenvalue weighted by molar-refractivity contribution is -0.119. The van der Waals surface area contributed by atoms with Crippen molar-refractivity contribution in [2.24, 2.45) is 0 Å². The first-order valence-electron chi connectivity index (χ1n) is 8.01. The first-order chi connectivity index (χ1) is 12.3. The summed E-state index contributed by atoms with van der Waals surface area (Å²) in [5.41, 5.74) is 1.31. The molecule has 2 rings (SSSR count). The first kappa shape index (κ1) is 20.3. The molecule has 0 saturated heterocycles. The lowest BCUT2D eigenvalue weighted by Gasteiger charge is -2.22. The molecule has 2 aromatic carbocycles. The highest BCUT2D eigenvalue weighted by Gasteiger charge is 2.20. The Morgan fingerprint density at radius 2 is 1.88 bits per heavy atom. The van der Waals surface area contributed by atoms with Gasteiger partial charge in [0.25, 0.3) is 0 Å². The molecule has 0 heterocycles. The Bertz CT molecular complexity index is 854. The van der Waals surface area contributed by atoms with E-state index in [4.69, 9.17) is 4.74 Å². The molecule has 8 heteroatoms. The van der Waals surface area contributed by atoms with Gasteiger partial charge in [-0.15, -0.1) is 0 Å². The second-order valence-electron chi connectivity index (χ2n) is 5.60. The number of sulfonamides is 1. The van der Waals surface area contributed by atoms with Crippen molar-refractivity contribution in [2.75, 3.05) is 23.7 Å². The van der Waals surface area contributed by atoms with Crippen molar-refractivity contribution in [1.29, 1.82) is 0 Å². The minimum Gasteiger partial charge on any atom is -0.494 e. The highest BCUT2D eigenvalue weighted by atomic mass is 79.9. The molecule has 0 fully saturated rings. The molecule has 0 aliphatic heterocycles. The van der Waals surface area contributed by atoms with Gasteiger partial charge in [-0.25, -0.2) is 8.42 Å². The number of hydrogen-bond donors (Lipinski definition) is 1. The third-order valence-corrected chi connectivity index (χ3v) is 5.17. The fraction of sp³-hybridized carbons (Fsp3) is 0.278. The van der Waals surface area contributed by atoms with Crippen LogP contribution < -0.4 is 14.4 Å². The van der Waals surface area contributed by atoms with E-state index in [0.717, 1.165) is 26.3 Å². The summed E-state index contributed by atoms with van der Waals surface area (Å²) in [6.07, 6.45) is 1.08. The molecular formula is C18H21BrN2O4S. The first-order valence-corrected chi connectivity index (χ1v) is 10.7. The predicted molar refractivity (Wildman–Crippen MR) is 106 cm³/mol. The summed E-state index contributed by atoms with van der Waals surface area (Å²) in [6, 6.07) is 14.1. The molecule has 0 spiro atoms. The van der Waals surface area contributed by atoms with E-state index >= 15 is 0 Å². The quantitative estimate of drug-likeness (QED) is 0.684. The van der Waals surface area contributed by atoms with Gasteiger partial charge in [0.15, 0.2) is 0 Å². The monoisotopic (exact) mass is 440 g/mol. The summed E-state index contributed by atoms with van der Waals surface area (Å²) in [5, 5.41) is 2.74. The zero-order valence-corrected chi connectivity index (χ0v) is 17.0. The molecule has 0 aromatic heterocycles. The van der Waals surface area contributed by atoms with Crippen molar-refractivity contribution >= 4 is 37.5 Å². The Morgan fingerprint density at radius 1 is 1.19 bits per heavy atom. The van der Waals surface area contributed by atoms with Crippen LogP contribution in [0.4, 0.5) is 5.69 Å². The van der Waals surface area contributed by atoms with Crippen LogP contribution in [0.15, 0.2) is 53.0 Å². The minimum atomic E-state index is -3.59. The van der Waals surface area contributed by atoms with Crippen molar-refractivity contribution in [3.63, 3.8) is 0 Å². The van der Waals surface area contributed by atoms with Crippen molar-refractivity contribution in [3.8, 4) is 5.75 Å². The molecule has 0 bridgehead atoms. The number of benzene rings is 2. The van der Waals surface area contributed by atoms with Gasteiger partial charge in [0.2, 0.25) is 15.9 Å². The summed E-state index contributed by atoms with van der Waals surface area (Å²) in [4.78, 5) is 12.3. The third kappa shape index (κ3) is 6.03. The van der Waals surface area contributed by atoms with Gasteiger partial charge in [0.05, 0.1) is 18.6 Å². The molecular weight excluding hydrogens is 420 g/mol. The maximum absolute atomic E-state index is 12.3. The van der Waals surface area contributed by atoms with Crippen LogP contribution in [-0.2, 0) is 21.4 Å². The molecule has 1 amide bonds. The van der Waals surface area contributed by atoms with E-state index in [1.807, 2.05) is 31.2 Å². The highest BCUT2D eigenvalue weighted by Crippen LogP contribution is 2.20. The summed E-state index contributed by atoms with van der Waals surface area (Å²) >= 11 is 3.31. The summed E-state index contributed by atoms with van der Waals surface area (Å²) in [7, 11) is -3.59. The van der Waals surface area contributed by atoms with Crippen LogP contribution in [0.1, 0.15) is 12.5 Å². The number of carbonyl (C=O) groups excluding carboxylic acids is 1. The van der Waals surface area contributed by atoms with E-state index in [2.05, 4.69) is 21.2 Å². The Hall–Kier alpha value is -2.06. The molecule has 0 saturated carbocycles. The van der Waals surface area contributed by atoms with Crippen LogP contribution in [0, 0.1) is 0 Å². The number of hydrogen-bond acceptors (Lipinski definition) is 4. The van der Waals surface area contributed by atoms with Gasteiger partial charge in [0.1, 0.15) is 12.3 Å². The largest absolute Gasteiger partial charge is 0.494 e. The molecule has 0 aliphatic rings. The van der Waals surface area contributed by atoms with Crippen molar-refractivity contribution in [3.05, 3.63) is 58.6 Å². The zero-order valence-electron chi connectivity index (χ0n) is 14.6. The Balaban J connectivity index is 2.03. The maximum atomic E-state index is 12.3. The van der Waals surface area contributed by atoms with Crippen LogP contribution in [0.5, 0.6) is 5.75 Å². The average Bonchev–Trinajstić information content (AvgIpc) is 2.58. The van der Waals surface area contributed by atoms with Gasteiger partial charge in [-0.05, 0) is 48.9 Å². The maximum Gasteiger partial charge on any atom is 0.241 e. The van der Waals surface area contributed by atoms with Crippen molar-refractivity contribution in [2.45, 2.75) is 13.5 Å². The van der Waals surface area contributed by atoms with Crippen molar-refractivity contribution in [1.82, 2.24) is 5.32 Å². The SMILES string of the molecule is CCOc1cccc(CNC(=O)CN(c2ccc(Br)cc2)S(C)(=O)=O)c1. The number of anilines is 1. The van der Waals surface area contributed by atoms with E-state index in [9.17, 15) is 13.2 Å². The fourth-order valence-electron chi connectivity index (χ4n) is 2.31. The van der Waals surface area contributed by atoms with Crippen LogP contribution >= 0.6 is 15.9 Å². The van der Waals surface area contributed by atoms with Gasteiger partial charge in [-0.1, -0.05) is 28.1 Å². The highest BCUT2D eigenvalue weighted by molar-refractivity contribution is 9.10. The van der Waals surface area contributed by atoms with Gasteiger partial charge in [0, 0.05) is 11.0 Å². The molecule has 2 aromatic rings. The smallest absolute Gasteiger partial charge is 0.241 e. The molecule has 26 heavy (non-hydrogen) atoms. The average molecular weight is 441 g/mol. The molecule has 1 N–H and O–H groups in total. The van der Waals surface area contributed by atoms with Gasteiger partial charge < -0.3 is 10.1 Å². The van der Waals surface area contributed by atoms with Crippen LogP contribution in [-0.4, -0.2) is 33.7 Å². The summed E-state index contributed by atoms with van der Waals surface area (Å²) < 4.78 is 31.4. The molecule has 140 valence electrons. The Kier molecular flexibility index (Phi) is 7.05.